The number of halogens is 2. The summed E-state index contributed by atoms with van der Waals surface area (Å²) in [7, 11) is 1.60. The first-order chi connectivity index (χ1) is 16.1. The molecule has 166 valence electrons. The van der Waals surface area contributed by atoms with E-state index in [1.165, 1.54) is 0 Å². The van der Waals surface area contributed by atoms with Crippen molar-refractivity contribution in [3.8, 4) is 11.4 Å². The highest BCUT2D eigenvalue weighted by Crippen LogP contribution is 2.43. The standard InChI is InChI=1S/C25H20Cl2N4OS/c1-32-22-11-10-18(15-19(22)27)31-24(23(29-25(31)33)20-8-2-3-12-28-20)21-9-5-13-30(21)17-7-4-6-16(26)14-17/h2-15,23-24H,1H3,(H,29,33). The smallest absolute Gasteiger partial charge is 0.174 e. The molecule has 1 N–H and O–H groups in total. The number of nitrogens with zero attached hydrogens (tertiary/aromatic N) is 3. The van der Waals surface area contributed by atoms with Gasteiger partial charge in [0.1, 0.15) is 11.8 Å². The summed E-state index contributed by atoms with van der Waals surface area (Å²) in [6.45, 7) is 0. The van der Waals surface area contributed by atoms with Crippen LogP contribution in [0, 0.1) is 0 Å². The minimum atomic E-state index is -0.189. The molecule has 1 aliphatic heterocycles. The molecule has 2 unspecified atom stereocenters. The van der Waals surface area contributed by atoms with Crippen molar-refractivity contribution in [3.63, 3.8) is 0 Å². The van der Waals surface area contributed by atoms with Crippen molar-refractivity contribution in [2.24, 2.45) is 0 Å². The van der Waals surface area contributed by atoms with Crippen LogP contribution in [0.25, 0.3) is 5.69 Å². The van der Waals surface area contributed by atoms with E-state index in [0.29, 0.717) is 20.9 Å². The van der Waals surface area contributed by atoms with Crippen molar-refractivity contribution in [3.05, 3.63) is 107 Å². The van der Waals surface area contributed by atoms with Gasteiger partial charge in [-0.25, -0.2) is 0 Å². The minimum Gasteiger partial charge on any atom is -0.495 e. The van der Waals surface area contributed by atoms with Gasteiger partial charge in [0.25, 0.3) is 0 Å². The van der Waals surface area contributed by atoms with Crippen molar-refractivity contribution in [2.45, 2.75) is 12.1 Å². The van der Waals surface area contributed by atoms with Crippen LogP contribution in [0.1, 0.15) is 23.5 Å². The highest BCUT2D eigenvalue weighted by molar-refractivity contribution is 7.80. The molecule has 1 aliphatic rings. The van der Waals surface area contributed by atoms with Crippen LogP contribution in [-0.4, -0.2) is 21.8 Å². The fourth-order valence-electron chi connectivity index (χ4n) is 4.23. The first-order valence-electron chi connectivity index (χ1n) is 10.3. The normalized spacial score (nSPS) is 17.8. The van der Waals surface area contributed by atoms with E-state index in [4.69, 9.17) is 40.2 Å². The second-order valence-electron chi connectivity index (χ2n) is 7.60. The number of pyridine rings is 1. The second-order valence-corrected chi connectivity index (χ2v) is 8.83. The van der Waals surface area contributed by atoms with Gasteiger partial charge in [0.15, 0.2) is 5.11 Å². The van der Waals surface area contributed by atoms with E-state index in [0.717, 1.165) is 22.8 Å². The molecule has 3 heterocycles. The summed E-state index contributed by atoms with van der Waals surface area (Å²) in [5.41, 5.74) is 3.76. The molecule has 1 fully saturated rings. The quantitative estimate of drug-likeness (QED) is 0.326. The van der Waals surface area contributed by atoms with Crippen LogP contribution in [0.5, 0.6) is 5.75 Å². The number of methoxy groups -OCH3 is 1. The molecule has 0 amide bonds. The fourth-order valence-corrected chi connectivity index (χ4v) is 5.02. The summed E-state index contributed by atoms with van der Waals surface area (Å²) in [6, 6.07) is 23.1. The van der Waals surface area contributed by atoms with Gasteiger partial charge in [-0.3, -0.25) is 4.98 Å². The Morgan fingerprint density at radius 1 is 0.970 bits per heavy atom. The van der Waals surface area contributed by atoms with Gasteiger partial charge in [0.05, 0.1) is 23.9 Å². The number of benzene rings is 2. The van der Waals surface area contributed by atoms with Crippen molar-refractivity contribution < 1.29 is 4.74 Å². The summed E-state index contributed by atoms with van der Waals surface area (Å²) >= 11 is 18.6. The average molecular weight is 495 g/mol. The van der Waals surface area contributed by atoms with Crippen LogP contribution in [0.3, 0.4) is 0 Å². The predicted molar refractivity (Wildman–Crippen MR) is 137 cm³/mol. The molecule has 2 aromatic carbocycles. The number of hydrogen-bond donors (Lipinski definition) is 1. The number of nitrogens with one attached hydrogen (secondary N) is 1. The molecule has 0 bridgehead atoms. The second kappa shape index (κ2) is 9.06. The van der Waals surface area contributed by atoms with Crippen molar-refractivity contribution in [1.82, 2.24) is 14.9 Å². The zero-order chi connectivity index (χ0) is 22.9. The molecule has 33 heavy (non-hydrogen) atoms. The van der Waals surface area contributed by atoms with E-state index in [9.17, 15) is 0 Å². The van der Waals surface area contributed by atoms with Gasteiger partial charge in [-0.1, -0.05) is 35.3 Å². The maximum atomic E-state index is 6.48. The molecule has 5 rings (SSSR count). The Balaban J connectivity index is 1.67. The molecule has 8 heteroatoms. The molecule has 2 atom stereocenters. The van der Waals surface area contributed by atoms with Gasteiger partial charge in [0.2, 0.25) is 0 Å². The van der Waals surface area contributed by atoms with Gasteiger partial charge < -0.3 is 19.5 Å². The van der Waals surface area contributed by atoms with Crippen LogP contribution in [-0.2, 0) is 0 Å². The van der Waals surface area contributed by atoms with Crippen molar-refractivity contribution in [2.75, 3.05) is 12.0 Å². The molecule has 2 aromatic heterocycles. The maximum Gasteiger partial charge on any atom is 0.174 e. The highest BCUT2D eigenvalue weighted by Gasteiger charge is 2.42. The zero-order valence-corrected chi connectivity index (χ0v) is 20.0. The third-order valence-electron chi connectivity index (χ3n) is 5.68. The number of hydrogen-bond acceptors (Lipinski definition) is 3. The first-order valence-corrected chi connectivity index (χ1v) is 11.5. The third-order valence-corrected chi connectivity index (χ3v) is 6.53. The molecule has 0 radical (unpaired) electrons. The Bertz CT molecular complexity index is 1310. The van der Waals surface area contributed by atoms with E-state index in [1.807, 2.05) is 72.9 Å². The van der Waals surface area contributed by atoms with Crippen molar-refractivity contribution in [1.29, 1.82) is 0 Å². The van der Waals surface area contributed by atoms with Gasteiger partial charge in [0, 0.05) is 34.5 Å². The Kier molecular flexibility index (Phi) is 5.98. The monoisotopic (exact) mass is 494 g/mol. The summed E-state index contributed by atoms with van der Waals surface area (Å²) < 4.78 is 7.47. The Morgan fingerprint density at radius 2 is 1.85 bits per heavy atom. The van der Waals surface area contributed by atoms with E-state index in [1.54, 1.807) is 13.3 Å². The number of anilines is 1. The van der Waals surface area contributed by atoms with Crippen LogP contribution in [0.2, 0.25) is 10.0 Å². The number of ether oxygens (including phenoxy) is 1. The summed E-state index contributed by atoms with van der Waals surface area (Å²) in [5.74, 6) is 0.610. The fraction of sp³-hybridized carbons (Fsp3) is 0.120. The van der Waals surface area contributed by atoms with Crippen LogP contribution >= 0.6 is 35.4 Å². The minimum absolute atomic E-state index is 0.174. The number of aromatic nitrogens is 2. The lowest BCUT2D eigenvalue weighted by atomic mass is 10.0. The third kappa shape index (κ3) is 4.06. The lowest BCUT2D eigenvalue weighted by molar-refractivity contribution is 0.415. The van der Waals surface area contributed by atoms with Crippen LogP contribution < -0.4 is 15.0 Å². The van der Waals surface area contributed by atoms with Gasteiger partial charge in [-0.15, -0.1) is 0 Å². The topological polar surface area (TPSA) is 42.3 Å². The average Bonchev–Trinajstić information content (AvgIpc) is 3.44. The highest BCUT2D eigenvalue weighted by atomic mass is 35.5. The van der Waals surface area contributed by atoms with Gasteiger partial charge in [-0.05, 0) is 72.9 Å². The maximum absolute atomic E-state index is 6.48. The summed E-state index contributed by atoms with van der Waals surface area (Å²) in [6.07, 6.45) is 3.82. The van der Waals surface area contributed by atoms with E-state index < -0.39 is 0 Å². The van der Waals surface area contributed by atoms with Gasteiger partial charge >= 0.3 is 0 Å². The molecule has 0 saturated carbocycles. The first kappa shape index (κ1) is 21.8. The number of rotatable bonds is 5. The predicted octanol–water partition coefficient (Wildman–Crippen LogP) is 6.36. The van der Waals surface area contributed by atoms with Crippen molar-refractivity contribution >= 4 is 46.2 Å². The molecular weight excluding hydrogens is 475 g/mol. The van der Waals surface area contributed by atoms with E-state index >= 15 is 0 Å². The molecule has 5 nitrogen and oxygen atoms in total. The number of thiocarbonyl (C=S) groups is 1. The Morgan fingerprint density at radius 3 is 2.58 bits per heavy atom. The SMILES string of the molecule is COc1ccc(N2C(=S)NC(c3ccccn3)C2c2cccn2-c2cccc(Cl)c2)cc1Cl. The lowest BCUT2D eigenvalue weighted by Gasteiger charge is -2.29. The van der Waals surface area contributed by atoms with E-state index in [2.05, 4.69) is 25.8 Å². The molecule has 1 saturated heterocycles. The molecule has 4 aromatic rings. The summed E-state index contributed by atoms with van der Waals surface area (Å²) in [4.78, 5) is 6.70. The summed E-state index contributed by atoms with van der Waals surface area (Å²) in [5, 5.41) is 5.26. The van der Waals surface area contributed by atoms with Gasteiger partial charge in [-0.2, -0.15) is 0 Å². The largest absolute Gasteiger partial charge is 0.495 e. The van der Waals surface area contributed by atoms with Crippen LogP contribution in [0.15, 0.2) is 85.2 Å². The van der Waals surface area contributed by atoms with E-state index in [-0.39, 0.29) is 12.1 Å². The Hall–Kier alpha value is -3.06. The Labute approximate surface area is 207 Å². The van der Waals surface area contributed by atoms with Crippen LogP contribution in [0.4, 0.5) is 5.69 Å². The lowest BCUT2D eigenvalue weighted by Crippen LogP contribution is -2.30. The molecule has 0 spiro atoms. The molecular formula is C25H20Cl2N4OS. The molecule has 0 aliphatic carbocycles. The zero-order valence-electron chi connectivity index (χ0n) is 17.7.